The van der Waals surface area contributed by atoms with Crippen molar-refractivity contribution in [2.45, 2.75) is 32.3 Å². The fourth-order valence-electron chi connectivity index (χ4n) is 2.18. The molecule has 1 saturated heterocycles. The molecule has 1 atom stereocenters. The summed E-state index contributed by atoms with van der Waals surface area (Å²) in [6.07, 6.45) is 3.37. The van der Waals surface area contributed by atoms with E-state index in [1.807, 2.05) is 0 Å². The molecule has 112 valence electrons. The number of hydrogen-bond donors (Lipinski definition) is 0. The number of esters is 1. The van der Waals surface area contributed by atoms with Crippen molar-refractivity contribution >= 4 is 34.0 Å². The summed E-state index contributed by atoms with van der Waals surface area (Å²) in [4.78, 5) is 18.3. The zero-order valence-electron chi connectivity index (χ0n) is 11.7. The summed E-state index contributed by atoms with van der Waals surface area (Å²) in [6.45, 7) is 4.59. The van der Waals surface area contributed by atoms with Crippen molar-refractivity contribution in [3.8, 4) is 0 Å². The lowest BCUT2D eigenvalue weighted by molar-refractivity contribution is 0.0440. The number of anilines is 1. The van der Waals surface area contributed by atoms with Gasteiger partial charge in [0, 0.05) is 19.7 Å². The summed E-state index contributed by atoms with van der Waals surface area (Å²) in [5.41, 5.74) is 0. The van der Waals surface area contributed by atoms with Gasteiger partial charge in [-0.05, 0) is 19.3 Å². The number of methoxy groups -OCH3 is 1. The van der Waals surface area contributed by atoms with Gasteiger partial charge in [0.25, 0.3) is 0 Å². The molecule has 0 bridgehead atoms. The molecule has 0 saturated carbocycles. The highest BCUT2D eigenvalue weighted by Crippen LogP contribution is 2.32. The van der Waals surface area contributed by atoms with Crippen molar-refractivity contribution in [1.82, 2.24) is 4.98 Å². The summed E-state index contributed by atoms with van der Waals surface area (Å²) in [5.74, 6) is -0.436. The SMILES string of the molecule is CCCOC1CCCN(c2nc(Cl)c(C(=O)OC)s2)C1. The minimum atomic E-state index is -0.436. The fourth-order valence-corrected chi connectivity index (χ4v) is 3.41. The van der Waals surface area contributed by atoms with E-state index in [-0.39, 0.29) is 11.3 Å². The summed E-state index contributed by atoms with van der Waals surface area (Å²) in [5, 5.41) is 0.980. The predicted octanol–water partition coefficient (Wildman–Crippen LogP) is 2.98. The third-order valence-corrected chi connectivity index (χ3v) is 4.63. The summed E-state index contributed by atoms with van der Waals surface area (Å²) in [7, 11) is 1.34. The number of hydrogen-bond acceptors (Lipinski definition) is 6. The summed E-state index contributed by atoms with van der Waals surface area (Å²) in [6, 6.07) is 0. The molecule has 1 aromatic heterocycles. The van der Waals surface area contributed by atoms with E-state index in [0.29, 0.717) is 4.88 Å². The van der Waals surface area contributed by atoms with Crippen LogP contribution < -0.4 is 4.90 Å². The number of piperidine rings is 1. The highest BCUT2D eigenvalue weighted by molar-refractivity contribution is 7.18. The van der Waals surface area contributed by atoms with Gasteiger partial charge in [0.1, 0.15) is 0 Å². The van der Waals surface area contributed by atoms with E-state index in [0.717, 1.165) is 44.1 Å². The molecule has 5 nitrogen and oxygen atoms in total. The monoisotopic (exact) mass is 318 g/mol. The number of carbonyl (C=O) groups excluding carboxylic acids is 1. The van der Waals surface area contributed by atoms with Gasteiger partial charge in [0.15, 0.2) is 15.2 Å². The summed E-state index contributed by atoms with van der Waals surface area (Å²) >= 11 is 7.28. The molecular formula is C13H19ClN2O3S. The van der Waals surface area contributed by atoms with Gasteiger partial charge < -0.3 is 14.4 Å². The van der Waals surface area contributed by atoms with E-state index in [1.54, 1.807) is 0 Å². The number of thiazole rings is 1. The van der Waals surface area contributed by atoms with E-state index in [1.165, 1.54) is 18.4 Å². The Morgan fingerprint density at radius 1 is 1.60 bits per heavy atom. The molecule has 0 radical (unpaired) electrons. The number of carbonyl (C=O) groups is 1. The molecule has 2 heterocycles. The van der Waals surface area contributed by atoms with E-state index < -0.39 is 5.97 Å². The lowest BCUT2D eigenvalue weighted by atomic mass is 10.1. The van der Waals surface area contributed by atoms with Crippen LogP contribution in [0.5, 0.6) is 0 Å². The molecular weight excluding hydrogens is 300 g/mol. The third kappa shape index (κ3) is 3.62. The Morgan fingerprint density at radius 3 is 3.10 bits per heavy atom. The van der Waals surface area contributed by atoms with E-state index in [2.05, 4.69) is 16.8 Å². The first-order valence-electron chi connectivity index (χ1n) is 6.76. The fraction of sp³-hybridized carbons (Fsp3) is 0.692. The molecule has 7 heteroatoms. The van der Waals surface area contributed by atoms with Gasteiger partial charge in [-0.1, -0.05) is 29.9 Å². The van der Waals surface area contributed by atoms with Crippen molar-refractivity contribution < 1.29 is 14.3 Å². The van der Waals surface area contributed by atoms with Crippen molar-refractivity contribution in [3.05, 3.63) is 10.0 Å². The third-order valence-electron chi connectivity index (χ3n) is 3.15. The minimum Gasteiger partial charge on any atom is -0.465 e. The number of ether oxygens (including phenoxy) is 2. The predicted molar refractivity (Wildman–Crippen MR) is 79.9 cm³/mol. The average Bonchev–Trinajstić information content (AvgIpc) is 2.86. The molecule has 0 spiro atoms. The van der Waals surface area contributed by atoms with E-state index in [4.69, 9.17) is 21.1 Å². The molecule has 1 aromatic rings. The first-order chi connectivity index (χ1) is 9.65. The molecule has 0 aliphatic carbocycles. The lowest BCUT2D eigenvalue weighted by Gasteiger charge is -2.32. The Labute approximate surface area is 127 Å². The number of nitrogens with zero attached hydrogens (tertiary/aromatic N) is 2. The Kier molecular flexibility index (Phi) is 5.63. The first kappa shape index (κ1) is 15.5. The maximum Gasteiger partial charge on any atom is 0.351 e. The first-order valence-corrected chi connectivity index (χ1v) is 7.96. The minimum absolute atomic E-state index is 0.216. The molecule has 1 unspecified atom stereocenters. The van der Waals surface area contributed by atoms with Crippen LogP contribution in [0.15, 0.2) is 0 Å². The van der Waals surface area contributed by atoms with Crippen LogP contribution in [0.3, 0.4) is 0 Å². The van der Waals surface area contributed by atoms with Gasteiger partial charge in [-0.15, -0.1) is 0 Å². The Morgan fingerprint density at radius 2 is 2.40 bits per heavy atom. The van der Waals surface area contributed by atoms with Gasteiger partial charge in [-0.3, -0.25) is 0 Å². The second-order valence-electron chi connectivity index (χ2n) is 4.69. The van der Waals surface area contributed by atoms with Crippen LogP contribution in [0, 0.1) is 0 Å². The zero-order valence-corrected chi connectivity index (χ0v) is 13.3. The second kappa shape index (κ2) is 7.24. The van der Waals surface area contributed by atoms with Crippen LogP contribution in [-0.4, -0.2) is 43.9 Å². The van der Waals surface area contributed by atoms with Gasteiger partial charge >= 0.3 is 5.97 Å². The summed E-state index contributed by atoms with van der Waals surface area (Å²) < 4.78 is 10.5. The quantitative estimate of drug-likeness (QED) is 0.781. The topological polar surface area (TPSA) is 51.7 Å². The second-order valence-corrected chi connectivity index (χ2v) is 6.02. The van der Waals surface area contributed by atoms with Crippen LogP contribution >= 0.6 is 22.9 Å². The number of halogens is 1. The average molecular weight is 319 g/mol. The van der Waals surface area contributed by atoms with Crippen LogP contribution in [0.2, 0.25) is 5.15 Å². The van der Waals surface area contributed by atoms with Crippen LogP contribution in [-0.2, 0) is 9.47 Å². The molecule has 2 rings (SSSR count). The van der Waals surface area contributed by atoms with Crippen LogP contribution in [0.1, 0.15) is 35.9 Å². The maximum atomic E-state index is 11.6. The maximum absolute atomic E-state index is 11.6. The van der Waals surface area contributed by atoms with Gasteiger partial charge in [-0.25, -0.2) is 9.78 Å². The van der Waals surface area contributed by atoms with E-state index in [9.17, 15) is 4.79 Å². The molecule has 1 aliphatic heterocycles. The van der Waals surface area contributed by atoms with Gasteiger partial charge in [-0.2, -0.15) is 0 Å². The number of aromatic nitrogens is 1. The van der Waals surface area contributed by atoms with Crippen molar-refractivity contribution in [2.75, 3.05) is 31.7 Å². The highest BCUT2D eigenvalue weighted by Gasteiger charge is 2.25. The Bertz CT molecular complexity index is 466. The molecule has 20 heavy (non-hydrogen) atoms. The van der Waals surface area contributed by atoms with Gasteiger partial charge in [0.2, 0.25) is 0 Å². The Hall–Kier alpha value is -0.850. The highest BCUT2D eigenvalue weighted by atomic mass is 35.5. The van der Waals surface area contributed by atoms with Gasteiger partial charge in [0.05, 0.1) is 13.2 Å². The smallest absolute Gasteiger partial charge is 0.351 e. The molecule has 1 fully saturated rings. The van der Waals surface area contributed by atoms with Crippen molar-refractivity contribution in [3.63, 3.8) is 0 Å². The number of rotatable bonds is 5. The van der Waals surface area contributed by atoms with E-state index >= 15 is 0 Å². The molecule has 0 amide bonds. The van der Waals surface area contributed by atoms with Crippen molar-refractivity contribution in [2.24, 2.45) is 0 Å². The lowest BCUT2D eigenvalue weighted by Crippen LogP contribution is -2.39. The normalized spacial score (nSPS) is 19.1. The van der Waals surface area contributed by atoms with Crippen LogP contribution in [0.4, 0.5) is 5.13 Å². The molecule has 0 N–H and O–H groups in total. The largest absolute Gasteiger partial charge is 0.465 e. The van der Waals surface area contributed by atoms with Crippen LogP contribution in [0.25, 0.3) is 0 Å². The Balaban J connectivity index is 2.05. The standard InChI is InChI=1S/C13H19ClN2O3S/c1-3-7-19-9-5-4-6-16(8-9)13-15-11(14)10(20-13)12(17)18-2/h9H,3-8H2,1-2H3. The zero-order chi connectivity index (χ0) is 14.5. The molecule has 0 aromatic carbocycles. The molecule has 1 aliphatic rings. The van der Waals surface area contributed by atoms with Crippen molar-refractivity contribution in [1.29, 1.82) is 0 Å².